The summed E-state index contributed by atoms with van der Waals surface area (Å²) in [6.07, 6.45) is 3.71. The van der Waals surface area contributed by atoms with Crippen molar-refractivity contribution in [3.63, 3.8) is 0 Å². The molecule has 0 saturated heterocycles. The number of aliphatic hydroxyl groups is 1. The summed E-state index contributed by atoms with van der Waals surface area (Å²) < 4.78 is 0. The lowest BCUT2D eigenvalue weighted by Crippen LogP contribution is -2.43. The molecule has 0 heterocycles. The lowest BCUT2D eigenvalue weighted by Gasteiger charge is -2.36. The van der Waals surface area contributed by atoms with E-state index >= 15 is 0 Å². The first-order chi connectivity index (χ1) is 5.61. The Labute approximate surface area is 74.0 Å². The van der Waals surface area contributed by atoms with Crippen molar-refractivity contribution in [2.24, 2.45) is 5.41 Å². The Morgan fingerprint density at radius 1 is 1.67 bits per heavy atom. The number of hydrogen-bond donors (Lipinski definition) is 1. The zero-order chi connectivity index (χ0) is 9.19. The maximum Gasteiger partial charge on any atom is 0.141 e. The molecule has 2 atom stereocenters. The monoisotopic (exact) mass is 170 g/mol. The molecule has 0 aromatic heterocycles. The molecule has 0 radical (unpaired) electrons. The van der Waals surface area contributed by atoms with Crippen LogP contribution in [0, 0.1) is 5.41 Å². The van der Waals surface area contributed by atoms with E-state index in [4.69, 9.17) is 0 Å². The fourth-order valence-electron chi connectivity index (χ4n) is 2.07. The Morgan fingerprint density at radius 3 is 2.83 bits per heavy atom. The van der Waals surface area contributed by atoms with Gasteiger partial charge in [0, 0.05) is 6.42 Å². The average Bonchev–Trinajstić information content (AvgIpc) is 2.02. The van der Waals surface area contributed by atoms with Gasteiger partial charge in [0.05, 0.1) is 11.5 Å². The van der Waals surface area contributed by atoms with E-state index in [2.05, 4.69) is 6.92 Å². The van der Waals surface area contributed by atoms with Crippen LogP contribution in [0.15, 0.2) is 0 Å². The Balaban J connectivity index is 2.73. The van der Waals surface area contributed by atoms with Gasteiger partial charge in [-0.1, -0.05) is 20.3 Å². The second-order valence-electron chi connectivity index (χ2n) is 4.00. The highest BCUT2D eigenvalue weighted by molar-refractivity contribution is 5.85. The van der Waals surface area contributed by atoms with E-state index < -0.39 is 11.5 Å². The second kappa shape index (κ2) is 3.56. The summed E-state index contributed by atoms with van der Waals surface area (Å²) in [4.78, 5) is 11.6. The van der Waals surface area contributed by atoms with Crippen LogP contribution in [0.25, 0.3) is 0 Å². The number of aliphatic hydroxyl groups excluding tert-OH is 1. The molecular formula is C10H18O2. The summed E-state index contributed by atoms with van der Waals surface area (Å²) in [5, 5.41) is 9.71. The SMILES string of the molecule is CCC[C@@]1(C)C(=O)CCC[C@@H]1O. The number of carbonyl (C=O) groups is 1. The first-order valence-electron chi connectivity index (χ1n) is 4.82. The lowest BCUT2D eigenvalue weighted by molar-refractivity contribution is -0.139. The van der Waals surface area contributed by atoms with Crippen molar-refractivity contribution >= 4 is 5.78 Å². The van der Waals surface area contributed by atoms with E-state index in [1.54, 1.807) is 0 Å². The number of Topliss-reactive ketones (excluding diaryl/α,β-unsaturated/α-hetero) is 1. The third-order valence-corrected chi connectivity index (χ3v) is 3.02. The minimum atomic E-state index is -0.437. The van der Waals surface area contributed by atoms with Crippen LogP contribution in [-0.2, 0) is 4.79 Å². The largest absolute Gasteiger partial charge is 0.392 e. The van der Waals surface area contributed by atoms with Crippen molar-refractivity contribution < 1.29 is 9.90 Å². The number of hydrogen-bond acceptors (Lipinski definition) is 2. The molecule has 0 bridgehead atoms. The molecule has 70 valence electrons. The Hall–Kier alpha value is -0.370. The van der Waals surface area contributed by atoms with E-state index in [1.165, 1.54) is 0 Å². The Morgan fingerprint density at radius 2 is 2.33 bits per heavy atom. The molecule has 1 N–H and O–H groups in total. The maximum absolute atomic E-state index is 11.6. The second-order valence-corrected chi connectivity index (χ2v) is 4.00. The molecule has 12 heavy (non-hydrogen) atoms. The van der Waals surface area contributed by atoms with Gasteiger partial charge in [0.15, 0.2) is 0 Å². The van der Waals surface area contributed by atoms with Crippen molar-refractivity contribution in [3.05, 3.63) is 0 Å². The highest BCUT2D eigenvalue weighted by Crippen LogP contribution is 2.36. The maximum atomic E-state index is 11.6. The average molecular weight is 170 g/mol. The van der Waals surface area contributed by atoms with Gasteiger partial charge in [-0.3, -0.25) is 4.79 Å². The fraction of sp³-hybridized carbons (Fsp3) is 0.900. The van der Waals surface area contributed by atoms with Crippen LogP contribution in [0.5, 0.6) is 0 Å². The number of ketones is 1. The minimum absolute atomic E-state index is 0.253. The molecule has 1 rings (SSSR count). The van der Waals surface area contributed by atoms with Crippen LogP contribution < -0.4 is 0 Å². The van der Waals surface area contributed by atoms with E-state index in [9.17, 15) is 9.90 Å². The zero-order valence-corrected chi connectivity index (χ0v) is 7.97. The third-order valence-electron chi connectivity index (χ3n) is 3.02. The predicted octanol–water partition coefficient (Wildman–Crippen LogP) is 1.91. The van der Waals surface area contributed by atoms with Gasteiger partial charge in [-0.15, -0.1) is 0 Å². The lowest BCUT2D eigenvalue weighted by atomic mass is 9.70. The van der Waals surface area contributed by atoms with Crippen LogP contribution in [-0.4, -0.2) is 17.0 Å². The van der Waals surface area contributed by atoms with Crippen LogP contribution >= 0.6 is 0 Å². The normalized spacial score (nSPS) is 36.9. The molecular weight excluding hydrogens is 152 g/mol. The van der Waals surface area contributed by atoms with Crippen LogP contribution in [0.3, 0.4) is 0 Å². The highest BCUT2D eigenvalue weighted by atomic mass is 16.3. The van der Waals surface area contributed by atoms with Gasteiger partial charge < -0.3 is 5.11 Å². The van der Waals surface area contributed by atoms with E-state index in [0.717, 1.165) is 25.7 Å². The minimum Gasteiger partial charge on any atom is -0.392 e. The summed E-state index contributed by atoms with van der Waals surface area (Å²) in [7, 11) is 0. The molecule has 0 amide bonds. The highest BCUT2D eigenvalue weighted by Gasteiger charge is 2.41. The van der Waals surface area contributed by atoms with Gasteiger partial charge >= 0.3 is 0 Å². The van der Waals surface area contributed by atoms with Gasteiger partial charge in [-0.05, 0) is 19.3 Å². The summed E-state index contributed by atoms with van der Waals surface area (Å²) in [5.74, 6) is 0.253. The van der Waals surface area contributed by atoms with Crippen LogP contribution in [0.4, 0.5) is 0 Å². The summed E-state index contributed by atoms with van der Waals surface area (Å²) in [6.45, 7) is 3.96. The number of carbonyl (C=O) groups excluding carboxylic acids is 1. The predicted molar refractivity (Wildman–Crippen MR) is 47.9 cm³/mol. The van der Waals surface area contributed by atoms with E-state index in [1.807, 2.05) is 6.92 Å². The Bertz CT molecular complexity index is 177. The molecule has 2 nitrogen and oxygen atoms in total. The molecule has 0 aliphatic heterocycles. The number of rotatable bonds is 2. The fourth-order valence-corrected chi connectivity index (χ4v) is 2.07. The van der Waals surface area contributed by atoms with Crippen molar-refractivity contribution in [1.82, 2.24) is 0 Å². The van der Waals surface area contributed by atoms with Gasteiger partial charge in [0.2, 0.25) is 0 Å². The Kier molecular flexibility index (Phi) is 2.89. The molecule has 1 saturated carbocycles. The first kappa shape index (κ1) is 9.72. The van der Waals surface area contributed by atoms with Crippen LogP contribution in [0.1, 0.15) is 46.0 Å². The first-order valence-corrected chi connectivity index (χ1v) is 4.82. The smallest absolute Gasteiger partial charge is 0.141 e. The summed E-state index contributed by atoms with van der Waals surface area (Å²) >= 11 is 0. The molecule has 1 aliphatic carbocycles. The topological polar surface area (TPSA) is 37.3 Å². The standard InChI is InChI=1S/C10H18O2/c1-3-7-10(2)8(11)5-4-6-9(10)12/h8,11H,3-7H2,1-2H3/t8-,10+/m0/s1. The molecule has 1 fully saturated rings. The third kappa shape index (κ3) is 1.53. The van der Waals surface area contributed by atoms with E-state index in [-0.39, 0.29) is 5.78 Å². The van der Waals surface area contributed by atoms with Crippen molar-refractivity contribution in [1.29, 1.82) is 0 Å². The van der Waals surface area contributed by atoms with Gasteiger partial charge in [-0.25, -0.2) is 0 Å². The molecule has 0 spiro atoms. The molecule has 2 heteroatoms. The molecule has 0 aromatic rings. The van der Waals surface area contributed by atoms with Crippen molar-refractivity contribution in [2.45, 2.75) is 52.1 Å². The zero-order valence-electron chi connectivity index (χ0n) is 7.97. The van der Waals surface area contributed by atoms with Crippen molar-refractivity contribution in [2.75, 3.05) is 0 Å². The van der Waals surface area contributed by atoms with Crippen LogP contribution in [0.2, 0.25) is 0 Å². The van der Waals surface area contributed by atoms with Gasteiger partial charge in [0.1, 0.15) is 5.78 Å². The van der Waals surface area contributed by atoms with Crippen molar-refractivity contribution in [3.8, 4) is 0 Å². The van der Waals surface area contributed by atoms with Gasteiger partial charge in [-0.2, -0.15) is 0 Å². The van der Waals surface area contributed by atoms with E-state index in [0.29, 0.717) is 6.42 Å². The van der Waals surface area contributed by atoms with Gasteiger partial charge in [0.25, 0.3) is 0 Å². The molecule has 1 aliphatic rings. The summed E-state index contributed by atoms with van der Waals surface area (Å²) in [5.41, 5.74) is -0.437. The quantitative estimate of drug-likeness (QED) is 0.687. The molecule has 0 unspecified atom stereocenters. The molecule has 0 aromatic carbocycles. The summed E-state index contributed by atoms with van der Waals surface area (Å²) in [6, 6.07) is 0.